The van der Waals surface area contributed by atoms with Crippen LogP contribution in [0.25, 0.3) is 0 Å². The first-order chi connectivity index (χ1) is 3.91. The fourth-order valence-electron chi connectivity index (χ4n) is 0. The van der Waals surface area contributed by atoms with Gasteiger partial charge in [0.05, 0.1) is 0 Å². The van der Waals surface area contributed by atoms with Crippen molar-refractivity contribution in [2.75, 3.05) is 6.61 Å². The van der Waals surface area contributed by atoms with E-state index in [4.69, 9.17) is 0 Å². The maximum absolute atomic E-state index is 9.75. The summed E-state index contributed by atoms with van der Waals surface area (Å²) in [6, 6.07) is 0. The molecule has 1 radical (unpaired) electrons. The molecule has 0 saturated heterocycles. The van der Waals surface area contributed by atoms with E-state index in [1.54, 1.807) is 0 Å². The van der Waals surface area contributed by atoms with Gasteiger partial charge in [0.2, 0.25) is 0 Å². The van der Waals surface area contributed by atoms with Gasteiger partial charge in [0, 0.05) is 0 Å². The number of rotatable bonds is 1. The Balaban J connectivity index is 0. The van der Waals surface area contributed by atoms with E-state index in [1.165, 1.54) is 6.08 Å². The lowest BCUT2D eigenvalue weighted by atomic mass is 10.3. The summed E-state index contributed by atoms with van der Waals surface area (Å²) >= 11 is 0. The molecule has 0 fully saturated rings. The van der Waals surface area contributed by atoms with Gasteiger partial charge in [-0.05, 0) is 0 Å². The maximum Gasteiger partial charge on any atom is 0.673 e. The number of hydrogen-bond acceptors (Lipinski definition) is 0. The van der Waals surface area contributed by atoms with Gasteiger partial charge in [0.1, 0.15) is 6.61 Å². The van der Waals surface area contributed by atoms with Gasteiger partial charge in [0.25, 0.3) is 0 Å². The van der Waals surface area contributed by atoms with Crippen molar-refractivity contribution in [3.8, 4) is 0 Å². The Bertz CT molecular complexity index is 64.7. The van der Waals surface area contributed by atoms with Crippen molar-refractivity contribution in [1.82, 2.24) is 0 Å². The molecule has 9 heavy (non-hydrogen) atoms. The van der Waals surface area contributed by atoms with Crippen LogP contribution in [0, 0.1) is 0 Å². The number of hydrogen-bond donors (Lipinski definition) is 0. The van der Waals surface area contributed by atoms with E-state index in [0.29, 0.717) is 0 Å². The van der Waals surface area contributed by atoms with Crippen molar-refractivity contribution >= 4 is 7.25 Å². The quantitative estimate of drug-likeness (QED) is 0.304. The third kappa shape index (κ3) is 958. The molecular weight excluding hydrogens is 139 g/mol. The summed E-state index contributed by atoms with van der Waals surface area (Å²) in [4.78, 5) is 0. The molecule has 0 aliphatic rings. The summed E-state index contributed by atoms with van der Waals surface area (Å²) in [6.07, 6.45) is 1.32. The standard InChI is InChI=1S/C3H5O.BF4/c1-2-3-4;2-1(3,4)5/h2H,1,3H2;/q;-1. The summed E-state index contributed by atoms with van der Waals surface area (Å²) in [5, 5.41) is 9.18. The summed E-state index contributed by atoms with van der Waals surface area (Å²) < 4.78 is 39.0. The van der Waals surface area contributed by atoms with Gasteiger partial charge in [-0.3, -0.25) is 0 Å². The molecule has 6 heteroatoms. The van der Waals surface area contributed by atoms with E-state index in [1.807, 2.05) is 0 Å². The van der Waals surface area contributed by atoms with Crippen molar-refractivity contribution < 1.29 is 22.4 Å². The Labute approximate surface area is 50.1 Å². The van der Waals surface area contributed by atoms with Crippen LogP contribution in [0.5, 0.6) is 0 Å². The van der Waals surface area contributed by atoms with Crippen LogP contribution in [-0.2, 0) is 5.11 Å². The Hall–Kier alpha value is -0.515. The highest BCUT2D eigenvalue weighted by Crippen LogP contribution is 2.06. The Kier molecular flexibility index (Phi) is 7.06. The third-order valence-electron chi connectivity index (χ3n) is 0.118. The van der Waals surface area contributed by atoms with Crippen LogP contribution >= 0.6 is 0 Å². The Morgan fingerprint density at radius 3 is 1.44 bits per heavy atom. The smallest absolute Gasteiger partial charge is 0.418 e. The molecule has 0 aromatic carbocycles. The molecule has 0 heterocycles. The van der Waals surface area contributed by atoms with Crippen LogP contribution in [0.3, 0.4) is 0 Å². The van der Waals surface area contributed by atoms with Crippen LogP contribution in [-0.4, -0.2) is 13.9 Å². The van der Waals surface area contributed by atoms with Crippen LogP contribution < -0.4 is 0 Å². The SMILES string of the molecule is C=CC[O].F[B-](F)(F)F. The monoisotopic (exact) mass is 144 g/mol. The second-order valence-corrected chi connectivity index (χ2v) is 0.950. The highest BCUT2D eigenvalue weighted by Gasteiger charge is 2.20. The fraction of sp³-hybridized carbons (Fsp3) is 0.333. The summed E-state index contributed by atoms with van der Waals surface area (Å²) in [5.41, 5.74) is 0. The zero-order valence-corrected chi connectivity index (χ0v) is 4.49. The lowest BCUT2D eigenvalue weighted by Crippen LogP contribution is -2.02. The fourth-order valence-corrected chi connectivity index (χ4v) is 0. The van der Waals surface area contributed by atoms with Gasteiger partial charge in [-0.25, -0.2) is 5.11 Å². The topological polar surface area (TPSA) is 19.9 Å². The largest absolute Gasteiger partial charge is 0.673 e. The van der Waals surface area contributed by atoms with E-state index in [2.05, 4.69) is 6.58 Å². The molecule has 0 rings (SSSR count). The van der Waals surface area contributed by atoms with Gasteiger partial charge in [0.15, 0.2) is 0 Å². The van der Waals surface area contributed by atoms with Gasteiger partial charge in [-0.2, -0.15) is 0 Å². The van der Waals surface area contributed by atoms with Crippen molar-refractivity contribution in [3.05, 3.63) is 12.7 Å². The first-order valence-corrected chi connectivity index (χ1v) is 1.98. The molecule has 0 unspecified atom stereocenters. The average Bonchev–Trinajstić information content (AvgIpc) is 1.61. The minimum atomic E-state index is -6.00. The molecule has 0 atom stereocenters. The minimum Gasteiger partial charge on any atom is -0.418 e. The van der Waals surface area contributed by atoms with E-state index in [-0.39, 0.29) is 6.61 Å². The highest BCUT2D eigenvalue weighted by molar-refractivity contribution is 6.50. The molecule has 0 aromatic rings. The summed E-state index contributed by atoms with van der Waals surface area (Å²) in [6.45, 7) is 3.00. The second-order valence-electron chi connectivity index (χ2n) is 0.950. The lowest BCUT2D eigenvalue weighted by Gasteiger charge is -1.94. The van der Waals surface area contributed by atoms with E-state index >= 15 is 0 Å². The third-order valence-corrected chi connectivity index (χ3v) is 0.118. The normalized spacial score (nSPS) is 9.44. The molecule has 0 N–H and O–H groups in total. The number of halogens is 4. The highest BCUT2D eigenvalue weighted by atomic mass is 19.5. The van der Waals surface area contributed by atoms with Crippen LogP contribution in [0.15, 0.2) is 12.7 Å². The first kappa shape index (κ1) is 11.3. The second kappa shape index (κ2) is 5.62. The predicted octanol–water partition coefficient (Wildman–Crippen LogP) is 1.90. The average molecular weight is 144 g/mol. The molecule has 0 saturated carbocycles. The van der Waals surface area contributed by atoms with Crippen molar-refractivity contribution in [3.63, 3.8) is 0 Å². The predicted molar refractivity (Wildman–Crippen MR) is 25.9 cm³/mol. The minimum absolute atomic E-state index is 0.167. The van der Waals surface area contributed by atoms with Gasteiger partial charge < -0.3 is 17.3 Å². The van der Waals surface area contributed by atoms with Crippen LogP contribution in [0.1, 0.15) is 0 Å². The molecular formula is C3H5BF4O-. The van der Waals surface area contributed by atoms with E-state index in [0.717, 1.165) is 0 Å². The molecule has 0 aliphatic heterocycles. The zero-order chi connectivity index (χ0) is 7.91. The van der Waals surface area contributed by atoms with Gasteiger partial charge in [-0.15, -0.1) is 6.58 Å². The Morgan fingerprint density at radius 2 is 1.44 bits per heavy atom. The Morgan fingerprint density at radius 1 is 1.33 bits per heavy atom. The molecule has 55 valence electrons. The molecule has 0 aromatic heterocycles. The molecule has 0 spiro atoms. The van der Waals surface area contributed by atoms with Crippen LogP contribution in [0.2, 0.25) is 0 Å². The molecule has 0 bridgehead atoms. The molecule has 0 aliphatic carbocycles. The van der Waals surface area contributed by atoms with Crippen molar-refractivity contribution in [2.24, 2.45) is 0 Å². The summed E-state index contributed by atoms with van der Waals surface area (Å²) in [7, 11) is -6.00. The van der Waals surface area contributed by atoms with Gasteiger partial charge in [-0.1, -0.05) is 6.08 Å². The first-order valence-electron chi connectivity index (χ1n) is 1.98. The molecule has 1 nitrogen and oxygen atoms in total. The zero-order valence-electron chi connectivity index (χ0n) is 4.49. The van der Waals surface area contributed by atoms with Gasteiger partial charge >= 0.3 is 7.25 Å². The van der Waals surface area contributed by atoms with E-state index in [9.17, 15) is 22.4 Å². The molecule has 0 amide bonds. The van der Waals surface area contributed by atoms with Crippen molar-refractivity contribution in [1.29, 1.82) is 0 Å². The van der Waals surface area contributed by atoms with Crippen LogP contribution in [0.4, 0.5) is 17.3 Å². The maximum atomic E-state index is 9.75. The summed E-state index contributed by atoms with van der Waals surface area (Å²) in [5.74, 6) is 0. The lowest BCUT2D eigenvalue weighted by molar-refractivity contribution is 0.232. The van der Waals surface area contributed by atoms with E-state index < -0.39 is 7.25 Å². The van der Waals surface area contributed by atoms with Crippen molar-refractivity contribution in [2.45, 2.75) is 0 Å².